The molecule has 0 aromatic rings. The second-order valence-corrected chi connectivity index (χ2v) is 6.87. The number of rotatable bonds is 6. The van der Waals surface area contributed by atoms with Gasteiger partial charge in [0.1, 0.15) is 6.54 Å². The van der Waals surface area contributed by atoms with Gasteiger partial charge in [-0.25, -0.2) is 4.79 Å². The first-order valence-corrected chi connectivity index (χ1v) is 6.76. The quantitative estimate of drug-likeness (QED) is 0.781. The predicted molar refractivity (Wildman–Crippen MR) is 76.2 cm³/mol. The van der Waals surface area contributed by atoms with E-state index in [1.807, 2.05) is 20.8 Å². The fraction of sp³-hybridized carbons (Fsp3) is 0.857. The minimum atomic E-state index is -0.989. The van der Waals surface area contributed by atoms with Crippen LogP contribution in [0.3, 0.4) is 0 Å². The molecule has 0 saturated carbocycles. The van der Waals surface area contributed by atoms with E-state index < -0.39 is 5.97 Å². The molecule has 0 bridgehead atoms. The number of amides is 2. The van der Waals surface area contributed by atoms with Gasteiger partial charge in [0.05, 0.1) is 0 Å². The topological polar surface area (TPSA) is 69.6 Å². The Labute approximate surface area is 116 Å². The Balaban J connectivity index is 4.65. The Morgan fingerprint density at radius 1 is 1.16 bits per heavy atom. The maximum absolute atomic E-state index is 12.1. The van der Waals surface area contributed by atoms with Crippen LogP contribution in [0.25, 0.3) is 0 Å². The molecule has 0 spiro atoms. The standard InChI is InChI=1S/C14H28N2O3/c1-7-8-16(9-11(17)18)12(19)15-14(5,6)10-13(2,3)4/h7-10H2,1-6H3,(H,15,19)(H,17,18). The number of aliphatic carboxylic acids is 1. The van der Waals surface area contributed by atoms with Crippen molar-refractivity contribution in [1.29, 1.82) is 0 Å². The SMILES string of the molecule is CCCN(CC(=O)O)C(=O)NC(C)(C)CC(C)(C)C. The smallest absolute Gasteiger partial charge is 0.323 e. The van der Waals surface area contributed by atoms with E-state index >= 15 is 0 Å². The highest BCUT2D eigenvalue weighted by Crippen LogP contribution is 2.26. The Hall–Kier alpha value is -1.26. The third-order valence-electron chi connectivity index (χ3n) is 2.52. The maximum Gasteiger partial charge on any atom is 0.323 e. The zero-order valence-electron chi connectivity index (χ0n) is 13.0. The van der Waals surface area contributed by atoms with Crippen LogP contribution in [0, 0.1) is 5.41 Å². The molecule has 2 N–H and O–H groups in total. The highest BCUT2D eigenvalue weighted by atomic mass is 16.4. The molecular weight excluding hydrogens is 244 g/mol. The fourth-order valence-corrected chi connectivity index (χ4v) is 2.42. The van der Waals surface area contributed by atoms with Gasteiger partial charge in [-0.2, -0.15) is 0 Å². The Morgan fingerprint density at radius 2 is 1.68 bits per heavy atom. The summed E-state index contributed by atoms with van der Waals surface area (Å²) in [5.74, 6) is -0.989. The van der Waals surface area contributed by atoms with E-state index in [1.165, 1.54) is 4.90 Å². The van der Waals surface area contributed by atoms with E-state index in [0.29, 0.717) is 6.54 Å². The Bertz CT molecular complexity index is 319. The average molecular weight is 272 g/mol. The lowest BCUT2D eigenvalue weighted by Gasteiger charge is -2.35. The second kappa shape index (κ2) is 6.78. The largest absolute Gasteiger partial charge is 0.480 e. The number of carboxylic acids is 1. The predicted octanol–water partition coefficient (Wildman–Crippen LogP) is 2.71. The third kappa shape index (κ3) is 8.46. The summed E-state index contributed by atoms with van der Waals surface area (Å²) in [4.78, 5) is 24.2. The minimum Gasteiger partial charge on any atom is -0.480 e. The number of carbonyl (C=O) groups excluding carboxylic acids is 1. The molecule has 112 valence electrons. The lowest BCUT2D eigenvalue weighted by molar-refractivity contribution is -0.137. The molecule has 0 unspecified atom stereocenters. The van der Waals surface area contributed by atoms with Crippen molar-refractivity contribution in [2.45, 2.75) is 59.9 Å². The number of hydrogen-bond acceptors (Lipinski definition) is 2. The van der Waals surface area contributed by atoms with Crippen LogP contribution in [-0.2, 0) is 4.79 Å². The number of nitrogens with one attached hydrogen (secondary N) is 1. The molecule has 5 heteroatoms. The van der Waals surface area contributed by atoms with Crippen molar-refractivity contribution in [1.82, 2.24) is 10.2 Å². The van der Waals surface area contributed by atoms with Crippen molar-refractivity contribution >= 4 is 12.0 Å². The van der Waals surface area contributed by atoms with Crippen LogP contribution in [0.2, 0.25) is 0 Å². The molecule has 0 heterocycles. The van der Waals surface area contributed by atoms with Crippen LogP contribution in [0.5, 0.6) is 0 Å². The zero-order chi connectivity index (χ0) is 15.3. The molecular formula is C14H28N2O3. The summed E-state index contributed by atoms with van der Waals surface area (Å²) in [5, 5.41) is 11.7. The van der Waals surface area contributed by atoms with E-state index in [4.69, 9.17) is 5.11 Å². The van der Waals surface area contributed by atoms with Crippen molar-refractivity contribution < 1.29 is 14.7 Å². The van der Waals surface area contributed by atoms with Crippen LogP contribution in [0.4, 0.5) is 4.79 Å². The number of hydrogen-bond donors (Lipinski definition) is 2. The van der Waals surface area contributed by atoms with Crippen molar-refractivity contribution in [3.8, 4) is 0 Å². The molecule has 0 aromatic heterocycles. The maximum atomic E-state index is 12.1. The van der Waals surface area contributed by atoms with Crippen molar-refractivity contribution in [2.24, 2.45) is 5.41 Å². The Morgan fingerprint density at radius 3 is 2.05 bits per heavy atom. The van der Waals surface area contributed by atoms with Crippen LogP contribution in [0.15, 0.2) is 0 Å². The first-order valence-electron chi connectivity index (χ1n) is 6.76. The summed E-state index contributed by atoms with van der Waals surface area (Å²) in [7, 11) is 0. The summed E-state index contributed by atoms with van der Waals surface area (Å²) in [6.45, 7) is 12.4. The lowest BCUT2D eigenvalue weighted by atomic mass is 9.82. The van der Waals surface area contributed by atoms with Gasteiger partial charge in [-0.3, -0.25) is 4.79 Å². The first kappa shape index (κ1) is 17.7. The van der Waals surface area contributed by atoms with Crippen molar-refractivity contribution in [3.05, 3.63) is 0 Å². The zero-order valence-corrected chi connectivity index (χ0v) is 13.0. The molecule has 0 atom stereocenters. The second-order valence-electron chi connectivity index (χ2n) is 6.87. The fourth-order valence-electron chi connectivity index (χ4n) is 2.42. The molecule has 2 amide bonds. The highest BCUT2D eigenvalue weighted by molar-refractivity contribution is 5.80. The number of carboxylic acid groups (broad SMARTS) is 1. The van der Waals surface area contributed by atoms with Crippen LogP contribution in [-0.4, -0.2) is 40.6 Å². The van der Waals surface area contributed by atoms with Gasteiger partial charge in [0.25, 0.3) is 0 Å². The van der Waals surface area contributed by atoms with Gasteiger partial charge in [-0.15, -0.1) is 0 Å². The van der Waals surface area contributed by atoms with Crippen LogP contribution >= 0.6 is 0 Å². The van der Waals surface area contributed by atoms with Crippen molar-refractivity contribution in [2.75, 3.05) is 13.1 Å². The van der Waals surface area contributed by atoms with Gasteiger partial charge in [0.15, 0.2) is 0 Å². The molecule has 0 aliphatic rings. The Kier molecular flexibility index (Phi) is 6.33. The summed E-state index contributed by atoms with van der Waals surface area (Å²) < 4.78 is 0. The lowest BCUT2D eigenvalue weighted by Crippen LogP contribution is -2.52. The van der Waals surface area contributed by atoms with Crippen LogP contribution < -0.4 is 5.32 Å². The summed E-state index contributed by atoms with van der Waals surface area (Å²) in [6.07, 6.45) is 1.55. The molecule has 0 aliphatic carbocycles. The van der Waals surface area contributed by atoms with Gasteiger partial charge in [0.2, 0.25) is 0 Å². The van der Waals surface area contributed by atoms with Gasteiger partial charge in [-0.1, -0.05) is 27.7 Å². The monoisotopic (exact) mass is 272 g/mol. The normalized spacial score (nSPS) is 12.1. The van der Waals surface area contributed by atoms with Gasteiger partial charge in [0, 0.05) is 12.1 Å². The summed E-state index contributed by atoms with van der Waals surface area (Å²) >= 11 is 0. The van der Waals surface area contributed by atoms with Gasteiger partial charge >= 0.3 is 12.0 Å². The number of nitrogens with zero attached hydrogens (tertiary/aromatic N) is 1. The van der Waals surface area contributed by atoms with Gasteiger partial charge in [-0.05, 0) is 32.1 Å². The molecule has 5 nitrogen and oxygen atoms in total. The van der Waals surface area contributed by atoms with E-state index in [9.17, 15) is 9.59 Å². The van der Waals surface area contributed by atoms with Gasteiger partial charge < -0.3 is 15.3 Å². The minimum absolute atomic E-state index is 0.0964. The first-order chi connectivity index (χ1) is 8.47. The molecule has 0 aliphatic heterocycles. The molecule has 0 radical (unpaired) electrons. The number of urea groups is 1. The van der Waals surface area contributed by atoms with E-state index in [2.05, 4.69) is 26.1 Å². The van der Waals surface area contributed by atoms with E-state index in [-0.39, 0.29) is 23.5 Å². The molecule has 0 rings (SSSR count). The molecule has 19 heavy (non-hydrogen) atoms. The van der Waals surface area contributed by atoms with E-state index in [0.717, 1.165) is 12.8 Å². The molecule has 0 aromatic carbocycles. The molecule has 0 fully saturated rings. The number of carbonyl (C=O) groups is 2. The summed E-state index contributed by atoms with van der Waals surface area (Å²) in [6, 6.07) is -0.307. The van der Waals surface area contributed by atoms with E-state index in [1.54, 1.807) is 0 Å². The third-order valence-corrected chi connectivity index (χ3v) is 2.52. The van der Waals surface area contributed by atoms with Crippen LogP contribution in [0.1, 0.15) is 54.4 Å². The highest BCUT2D eigenvalue weighted by Gasteiger charge is 2.29. The average Bonchev–Trinajstić information content (AvgIpc) is 2.11. The summed E-state index contributed by atoms with van der Waals surface area (Å²) in [5.41, 5.74) is -0.265. The molecule has 0 saturated heterocycles. The van der Waals surface area contributed by atoms with Crippen molar-refractivity contribution in [3.63, 3.8) is 0 Å².